The number of carboxylic acids is 1. The third-order valence-electron chi connectivity index (χ3n) is 2.03. The van der Waals surface area contributed by atoms with Gasteiger partial charge in [0.25, 0.3) is 0 Å². The number of aliphatic hydroxyl groups is 1. The summed E-state index contributed by atoms with van der Waals surface area (Å²) in [7, 11) is 0. The summed E-state index contributed by atoms with van der Waals surface area (Å²) >= 11 is 0. The van der Waals surface area contributed by atoms with Crippen molar-refractivity contribution < 1.29 is 24.5 Å². The molecule has 0 aromatic heterocycles. The molecule has 0 bridgehead atoms. The Bertz CT molecular complexity index is 302. The molecule has 2 N–H and O–H groups in total. The molecule has 0 unspecified atom stereocenters. The van der Waals surface area contributed by atoms with Gasteiger partial charge in [0.2, 0.25) is 5.91 Å². The zero-order valence-electron chi connectivity index (χ0n) is 8.76. The molecule has 7 heteroatoms. The molecule has 1 rings (SSSR count). The smallest absolute Gasteiger partial charge is 0.352 e. The van der Waals surface area contributed by atoms with Gasteiger partial charge in [-0.2, -0.15) is 5.10 Å². The van der Waals surface area contributed by atoms with Crippen LogP contribution in [-0.4, -0.2) is 59.2 Å². The predicted molar refractivity (Wildman–Crippen MR) is 53.9 cm³/mol. The van der Waals surface area contributed by atoms with Crippen LogP contribution in [0.5, 0.6) is 0 Å². The highest BCUT2D eigenvalue weighted by atomic mass is 16.5. The van der Waals surface area contributed by atoms with E-state index < -0.39 is 5.97 Å². The molecule has 0 aromatic carbocycles. The number of aliphatic carboxylic acids is 1. The number of hydrogen-bond acceptors (Lipinski definition) is 5. The normalized spacial score (nSPS) is 16.2. The minimum atomic E-state index is -1.10. The fourth-order valence-corrected chi connectivity index (χ4v) is 1.25. The number of carbonyl (C=O) groups is 2. The molecule has 1 heterocycles. The van der Waals surface area contributed by atoms with Crippen molar-refractivity contribution in [1.82, 2.24) is 5.01 Å². The van der Waals surface area contributed by atoms with Gasteiger partial charge in [-0.3, -0.25) is 4.79 Å². The highest BCUT2D eigenvalue weighted by Gasteiger charge is 2.23. The van der Waals surface area contributed by atoms with Gasteiger partial charge in [0.1, 0.15) is 5.71 Å². The average molecular weight is 230 g/mol. The van der Waals surface area contributed by atoms with Gasteiger partial charge in [-0.1, -0.05) is 0 Å². The summed E-state index contributed by atoms with van der Waals surface area (Å²) in [5, 5.41) is 22.0. The van der Waals surface area contributed by atoms with E-state index in [2.05, 4.69) is 5.10 Å². The molecule has 0 fully saturated rings. The monoisotopic (exact) mass is 230 g/mol. The van der Waals surface area contributed by atoms with Crippen molar-refractivity contribution >= 4 is 17.6 Å². The van der Waals surface area contributed by atoms with Crippen molar-refractivity contribution in [3.63, 3.8) is 0 Å². The van der Waals surface area contributed by atoms with Crippen LogP contribution in [0.3, 0.4) is 0 Å². The number of hydrazone groups is 1. The number of aliphatic hydroxyl groups excluding tert-OH is 1. The predicted octanol–water partition coefficient (Wildman–Crippen LogP) is -0.942. The van der Waals surface area contributed by atoms with Crippen LogP contribution in [0.25, 0.3) is 0 Å². The van der Waals surface area contributed by atoms with Gasteiger partial charge in [0.05, 0.1) is 26.4 Å². The molecule has 1 aliphatic rings. The fraction of sp³-hybridized carbons (Fsp3) is 0.667. The van der Waals surface area contributed by atoms with Crippen LogP contribution < -0.4 is 0 Å². The Labute approximate surface area is 92.3 Å². The Morgan fingerprint density at radius 3 is 2.81 bits per heavy atom. The lowest BCUT2D eigenvalue weighted by atomic mass is 10.2. The summed E-state index contributed by atoms with van der Waals surface area (Å²) in [6, 6.07) is 0. The Morgan fingerprint density at radius 1 is 1.44 bits per heavy atom. The van der Waals surface area contributed by atoms with E-state index in [1.165, 1.54) is 0 Å². The largest absolute Gasteiger partial charge is 0.477 e. The third-order valence-corrected chi connectivity index (χ3v) is 2.03. The van der Waals surface area contributed by atoms with Crippen LogP contribution in [0, 0.1) is 0 Å². The van der Waals surface area contributed by atoms with Gasteiger partial charge in [-0.15, -0.1) is 0 Å². The maximum atomic E-state index is 11.3. The van der Waals surface area contributed by atoms with E-state index in [1.54, 1.807) is 0 Å². The van der Waals surface area contributed by atoms with Gasteiger partial charge >= 0.3 is 5.97 Å². The first-order chi connectivity index (χ1) is 7.65. The summed E-state index contributed by atoms with van der Waals surface area (Å²) in [5.74, 6) is -1.31. The number of ether oxygens (including phenoxy) is 1. The topological polar surface area (TPSA) is 99.4 Å². The molecule has 1 amide bonds. The minimum Gasteiger partial charge on any atom is -0.477 e. The second-order valence-electron chi connectivity index (χ2n) is 3.20. The molecule has 16 heavy (non-hydrogen) atoms. The number of hydrogen-bond donors (Lipinski definition) is 2. The second kappa shape index (κ2) is 6.19. The van der Waals surface area contributed by atoms with E-state index in [-0.39, 0.29) is 50.8 Å². The van der Waals surface area contributed by atoms with Crippen molar-refractivity contribution in [2.24, 2.45) is 5.10 Å². The van der Waals surface area contributed by atoms with Crippen molar-refractivity contribution in [2.75, 3.05) is 26.4 Å². The zero-order chi connectivity index (χ0) is 12.0. The second-order valence-corrected chi connectivity index (χ2v) is 3.20. The molecule has 90 valence electrons. The van der Waals surface area contributed by atoms with E-state index in [4.69, 9.17) is 14.9 Å². The molecular weight excluding hydrogens is 216 g/mol. The van der Waals surface area contributed by atoms with E-state index in [0.29, 0.717) is 0 Å². The first-order valence-electron chi connectivity index (χ1n) is 4.95. The van der Waals surface area contributed by atoms with E-state index >= 15 is 0 Å². The number of rotatable bonds is 6. The Hall–Kier alpha value is -1.47. The molecule has 0 spiro atoms. The first-order valence-corrected chi connectivity index (χ1v) is 4.95. The number of amides is 1. The zero-order valence-corrected chi connectivity index (χ0v) is 8.76. The first kappa shape index (κ1) is 12.6. The molecule has 0 radical (unpaired) electrons. The fourth-order valence-electron chi connectivity index (χ4n) is 1.25. The molecule has 0 atom stereocenters. The van der Waals surface area contributed by atoms with Gasteiger partial charge in [-0.05, 0) is 0 Å². The van der Waals surface area contributed by atoms with Gasteiger partial charge < -0.3 is 14.9 Å². The van der Waals surface area contributed by atoms with E-state index in [9.17, 15) is 9.59 Å². The number of carboxylic acid groups (broad SMARTS) is 1. The number of nitrogens with zero attached hydrogens (tertiary/aromatic N) is 2. The molecule has 0 aromatic rings. The van der Waals surface area contributed by atoms with Crippen LogP contribution in [0.4, 0.5) is 0 Å². The van der Waals surface area contributed by atoms with Crippen LogP contribution in [0.2, 0.25) is 0 Å². The Morgan fingerprint density at radius 2 is 2.19 bits per heavy atom. The van der Waals surface area contributed by atoms with Gasteiger partial charge in [-0.25, -0.2) is 9.80 Å². The molecule has 1 aliphatic heterocycles. The van der Waals surface area contributed by atoms with Crippen molar-refractivity contribution in [2.45, 2.75) is 12.8 Å². The lowest BCUT2D eigenvalue weighted by molar-refractivity contribution is -0.133. The van der Waals surface area contributed by atoms with Crippen LogP contribution in [0.1, 0.15) is 12.8 Å². The van der Waals surface area contributed by atoms with Crippen LogP contribution in [0.15, 0.2) is 5.10 Å². The summed E-state index contributed by atoms with van der Waals surface area (Å²) in [6.07, 6.45) is 0.327. The summed E-state index contributed by atoms with van der Waals surface area (Å²) < 4.78 is 4.97. The highest BCUT2D eigenvalue weighted by molar-refractivity contribution is 6.36. The summed E-state index contributed by atoms with van der Waals surface area (Å²) in [5.41, 5.74) is -0.0123. The van der Waals surface area contributed by atoms with Crippen LogP contribution >= 0.6 is 0 Å². The Balaban J connectivity index is 2.46. The highest BCUT2D eigenvalue weighted by Crippen LogP contribution is 2.08. The van der Waals surface area contributed by atoms with Crippen molar-refractivity contribution in [1.29, 1.82) is 0 Å². The van der Waals surface area contributed by atoms with E-state index in [0.717, 1.165) is 5.01 Å². The Kier molecular flexibility index (Phi) is 4.87. The molecule has 0 saturated heterocycles. The summed E-state index contributed by atoms with van der Waals surface area (Å²) in [6.45, 7) is 0.535. The minimum absolute atomic E-state index is 0.0123. The lowest BCUT2D eigenvalue weighted by Crippen LogP contribution is -2.36. The van der Waals surface area contributed by atoms with Crippen molar-refractivity contribution in [3.8, 4) is 0 Å². The molecule has 0 saturated carbocycles. The standard InChI is InChI=1S/C9H14N2O5/c12-4-6-16-5-3-11-8(13)2-1-7(10-11)9(14)15/h12H,1-6H2,(H,14,15). The average Bonchev–Trinajstić information content (AvgIpc) is 2.26. The quantitative estimate of drug-likeness (QED) is 0.573. The number of carbonyl (C=O) groups excluding carboxylic acids is 1. The maximum absolute atomic E-state index is 11.3. The molecular formula is C9H14N2O5. The molecule has 7 nitrogen and oxygen atoms in total. The van der Waals surface area contributed by atoms with E-state index in [1.807, 2.05) is 0 Å². The maximum Gasteiger partial charge on any atom is 0.352 e. The van der Waals surface area contributed by atoms with Crippen molar-refractivity contribution in [3.05, 3.63) is 0 Å². The molecule has 0 aliphatic carbocycles. The SMILES string of the molecule is O=C(O)C1=NN(CCOCCO)C(=O)CC1. The van der Waals surface area contributed by atoms with Gasteiger partial charge in [0.15, 0.2) is 0 Å². The van der Waals surface area contributed by atoms with Gasteiger partial charge in [0, 0.05) is 12.8 Å². The lowest BCUT2D eigenvalue weighted by Gasteiger charge is -2.21. The third kappa shape index (κ3) is 3.59. The summed E-state index contributed by atoms with van der Waals surface area (Å²) in [4.78, 5) is 22.0. The van der Waals surface area contributed by atoms with Crippen LogP contribution in [-0.2, 0) is 14.3 Å².